The standard InChI is InChI=1S/C19H20N4O3/c20-12-15-16-9-5-11-22(16)19(26)23(18(15)25)13-17(24)21-10-4-8-14-6-2-1-3-7-14/h1-3,6-7H,4-5,8-11,13H2,(H,21,24). The van der Waals surface area contributed by atoms with Crippen molar-refractivity contribution in [3.8, 4) is 6.07 Å². The van der Waals surface area contributed by atoms with Crippen molar-refractivity contribution >= 4 is 5.91 Å². The minimum atomic E-state index is -0.676. The van der Waals surface area contributed by atoms with Gasteiger partial charge in [0.15, 0.2) is 0 Å². The monoisotopic (exact) mass is 352 g/mol. The van der Waals surface area contributed by atoms with Crippen molar-refractivity contribution in [1.82, 2.24) is 14.5 Å². The van der Waals surface area contributed by atoms with Gasteiger partial charge < -0.3 is 5.32 Å². The molecule has 1 aliphatic heterocycles. The second-order valence-corrected chi connectivity index (χ2v) is 6.30. The predicted molar refractivity (Wildman–Crippen MR) is 95.8 cm³/mol. The Labute approximate surface area is 150 Å². The molecule has 1 aromatic heterocycles. The zero-order valence-corrected chi connectivity index (χ0v) is 14.4. The van der Waals surface area contributed by atoms with Crippen LogP contribution in [-0.2, 0) is 30.7 Å². The lowest BCUT2D eigenvalue weighted by Crippen LogP contribution is -2.45. The number of carbonyl (C=O) groups excluding carboxylic acids is 1. The average Bonchev–Trinajstić information content (AvgIpc) is 3.13. The van der Waals surface area contributed by atoms with Gasteiger partial charge in [0.1, 0.15) is 18.2 Å². The van der Waals surface area contributed by atoms with Gasteiger partial charge in [-0.1, -0.05) is 30.3 Å². The number of carbonyl (C=O) groups is 1. The molecular weight excluding hydrogens is 332 g/mol. The number of aryl methyl sites for hydroxylation is 1. The van der Waals surface area contributed by atoms with Crippen molar-refractivity contribution < 1.29 is 4.79 Å². The quantitative estimate of drug-likeness (QED) is 0.769. The second kappa shape index (κ2) is 7.83. The zero-order chi connectivity index (χ0) is 18.5. The van der Waals surface area contributed by atoms with Gasteiger partial charge >= 0.3 is 5.69 Å². The van der Waals surface area contributed by atoms with Crippen LogP contribution in [0.3, 0.4) is 0 Å². The van der Waals surface area contributed by atoms with E-state index < -0.39 is 17.2 Å². The zero-order valence-electron chi connectivity index (χ0n) is 14.4. The van der Waals surface area contributed by atoms with Crippen molar-refractivity contribution in [2.75, 3.05) is 6.54 Å². The molecular formula is C19H20N4O3. The van der Waals surface area contributed by atoms with Crippen molar-refractivity contribution in [1.29, 1.82) is 5.26 Å². The van der Waals surface area contributed by atoms with Crippen LogP contribution < -0.4 is 16.6 Å². The number of hydrogen-bond donors (Lipinski definition) is 1. The van der Waals surface area contributed by atoms with E-state index in [9.17, 15) is 19.6 Å². The molecule has 26 heavy (non-hydrogen) atoms. The molecule has 0 saturated carbocycles. The van der Waals surface area contributed by atoms with E-state index in [4.69, 9.17) is 0 Å². The predicted octanol–water partition coefficient (Wildman–Crippen LogP) is 0.577. The molecule has 0 aliphatic carbocycles. The maximum atomic E-state index is 12.4. The number of aromatic nitrogens is 2. The van der Waals surface area contributed by atoms with Gasteiger partial charge in [0.25, 0.3) is 5.56 Å². The fourth-order valence-electron chi connectivity index (χ4n) is 3.25. The van der Waals surface area contributed by atoms with E-state index in [2.05, 4.69) is 5.32 Å². The van der Waals surface area contributed by atoms with Crippen LogP contribution >= 0.6 is 0 Å². The topological polar surface area (TPSA) is 96.9 Å². The Morgan fingerprint density at radius 1 is 1.23 bits per heavy atom. The molecule has 0 atom stereocenters. The molecule has 2 heterocycles. The molecule has 1 amide bonds. The van der Waals surface area contributed by atoms with Crippen LogP contribution in [0.1, 0.15) is 29.7 Å². The summed E-state index contributed by atoms with van der Waals surface area (Å²) in [7, 11) is 0. The number of nitrogens with zero attached hydrogens (tertiary/aromatic N) is 3. The van der Waals surface area contributed by atoms with Crippen molar-refractivity contribution in [2.45, 2.75) is 38.8 Å². The summed E-state index contributed by atoms with van der Waals surface area (Å²) in [5.41, 5.74) is 0.459. The van der Waals surface area contributed by atoms with Crippen LogP contribution in [0.4, 0.5) is 0 Å². The summed E-state index contributed by atoms with van der Waals surface area (Å²) < 4.78 is 2.29. The van der Waals surface area contributed by atoms with E-state index in [1.165, 1.54) is 10.1 Å². The van der Waals surface area contributed by atoms with Gasteiger partial charge in [-0.2, -0.15) is 5.26 Å². The minimum absolute atomic E-state index is 0.0287. The molecule has 0 fully saturated rings. The Hall–Kier alpha value is -3.14. The Balaban J connectivity index is 1.64. The molecule has 2 aromatic rings. The maximum Gasteiger partial charge on any atom is 0.331 e. The molecule has 0 spiro atoms. The normalized spacial score (nSPS) is 12.4. The molecule has 0 saturated heterocycles. The summed E-state index contributed by atoms with van der Waals surface area (Å²) in [4.78, 5) is 36.9. The summed E-state index contributed by atoms with van der Waals surface area (Å²) in [6, 6.07) is 11.8. The molecule has 3 rings (SSSR count). The van der Waals surface area contributed by atoms with Gasteiger partial charge in [-0.25, -0.2) is 9.36 Å². The van der Waals surface area contributed by atoms with Crippen LogP contribution in [0.2, 0.25) is 0 Å². The van der Waals surface area contributed by atoms with E-state index in [1.807, 2.05) is 36.4 Å². The highest BCUT2D eigenvalue weighted by molar-refractivity contribution is 5.75. The first-order valence-corrected chi connectivity index (χ1v) is 8.69. The number of benzene rings is 1. The third kappa shape index (κ3) is 3.59. The number of fused-ring (bicyclic) bond motifs is 1. The smallest absolute Gasteiger partial charge is 0.331 e. The molecule has 134 valence electrons. The summed E-state index contributed by atoms with van der Waals surface area (Å²) in [6.07, 6.45) is 2.86. The van der Waals surface area contributed by atoms with Crippen LogP contribution in [0.15, 0.2) is 39.9 Å². The number of nitrogens with one attached hydrogen (secondary N) is 1. The van der Waals surface area contributed by atoms with Crippen LogP contribution in [0.25, 0.3) is 0 Å². The molecule has 7 nitrogen and oxygen atoms in total. The largest absolute Gasteiger partial charge is 0.355 e. The summed E-state index contributed by atoms with van der Waals surface area (Å²) in [5, 5.41) is 12.0. The molecule has 1 aliphatic rings. The lowest BCUT2D eigenvalue weighted by Gasteiger charge is -2.11. The van der Waals surface area contributed by atoms with Gasteiger partial charge in [0.05, 0.1) is 0 Å². The van der Waals surface area contributed by atoms with E-state index in [1.54, 1.807) is 0 Å². The molecule has 1 N–H and O–H groups in total. The SMILES string of the molecule is N#Cc1c2n(c(=O)n(CC(=O)NCCCc3ccccc3)c1=O)CCC2. The lowest BCUT2D eigenvalue weighted by molar-refractivity contribution is -0.121. The first-order chi connectivity index (χ1) is 12.6. The van der Waals surface area contributed by atoms with Crippen LogP contribution in [0, 0.1) is 11.3 Å². The Kier molecular flexibility index (Phi) is 5.32. The summed E-state index contributed by atoms with van der Waals surface area (Å²) in [6.45, 7) is 0.569. The van der Waals surface area contributed by atoms with Gasteiger partial charge in [-0.3, -0.25) is 14.2 Å². The van der Waals surface area contributed by atoms with Crippen molar-refractivity contribution in [2.24, 2.45) is 0 Å². The Morgan fingerprint density at radius 3 is 2.73 bits per heavy atom. The third-order valence-corrected chi connectivity index (χ3v) is 4.55. The van der Waals surface area contributed by atoms with Gasteiger partial charge in [0, 0.05) is 18.8 Å². The highest BCUT2D eigenvalue weighted by Gasteiger charge is 2.23. The average molecular weight is 352 g/mol. The van der Waals surface area contributed by atoms with E-state index >= 15 is 0 Å². The highest BCUT2D eigenvalue weighted by Crippen LogP contribution is 2.13. The number of rotatable bonds is 6. The lowest BCUT2D eigenvalue weighted by atomic mass is 10.1. The molecule has 0 radical (unpaired) electrons. The molecule has 0 unspecified atom stereocenters. The molecule has 7 heteroatoms. The molecule has 0 bridgehead atoms. The van der Waals surface area contributed by atoms with E-state index in [0.29, 0.717) is 25.2 Å². The minimum Gasteiger partial charge on any atom is -0.355 e. The Morgan fingerprint density at radius 2 is 2.00 bits per heavy atom. The van der Waals surface area contributed by atoms with Crippen molar-refractivity contribution in [3.63, 3.8) is 0 Å². The Bertz CT molecular complexity index is 967. The highest BCUT2D eigenvalue weighted by atomic mass is 16.2. The number of hydrogen-bond acceptors (Lipinski definition) is 4. The number of amides is 1. The van der Waals surface area contributed by atoms with Crippen molar-refractivity contribution in [3.05, 3.63) is 68.0 Å². The van der Waals surface area contributed by atoms with Gasteiger partial charge in [-0.15, -0.1) is 0 Å². The van der Waals surface area contributed by atoms with E-state index in [-0.39, 0.29) is 12.1 Å². The van der Waals surface area contributed by atoms with Crippen LogP contribution in [-0.4, -0.2) is 21.6 Å². The second-order valence-electron chi connectivity index (χ2n) is 6.30. The first kappa shape index (κ1) is 17.7. The molecule has 1 aromatic carbocycles. The third-order valence-electron chi connectivity index (χ3n) is 4.55. The number of nitriles is 1. The summed E-state index contributed by atoms with van der Waals surface area (Å²) >= 11 is 0. The first-order valence-electron chi connectivity index (χ1n) is 8.69. The summed E-state index contributed by atoms with van der Waals surface area (Å²) in [5.74, 6) is -0.403. The van der Waals surface area contributed by atoms with Gasteiger partial charge in [-0.05, 0) is 31.2 Å². The fourth-order valence-corrected chi connectivity index (χ4v) is 3.25. The van der Waals surface area contributed by atoms with E-state index in [0.717, 1.165) is 23.8 Å². The van der Waals surface area contributed by atoms with Crippen LogP contribution in [0.5, 0.6) is 0 Å². The fraction of sp³-hybridized carbons (Fsp3) is 0.368. The van der Waals surface area contributed by atoms with Gasteiger partial charge in [0.2, 0.25) is 5.91 Å². The maximum absolute atomic E-state index is 12.4.